The average Bonchev–Trinajstić information content (AvgIpc) is 2.88. The van der Waals surface area contributed by atoms with Gasteiger partial charge in [0.05, 0.1) is 0 Å². The van der Waals surface area contributed by atoms with Gasteiger partial charge in [-0.15, -0.1) is 0 Å². The minimum absolute atomic E-state index is 0.735. The molecule has 96 valence electrons. The van der Waals surface area contributed by atoms with Crippen LogP contribution in [0.15, 0.2) is 12.1 Å². The third kappa shape index (κ3) is 3.35. The van der Waals surface area contributed by atoms with Gasteiger partial charge in [-0.25, -0.2) is 0 Å². The molecule has 0 atom stereocenters. The van der Waals surface area contributed by atoms with Crippen LogP contribution in [0.3, 0.4) is 0 Å². The Morgan fingerprint density at radius 2 is 1.88 bits per heavy atom. The zero-order valence-electron chi connectivity index (χ0n) is 11.5. The molecule has 2 rings (SSSR count). The highest BCUT2D eigenvalue weighted by Crippen LogP contribution is 2.18. The van der Waals surface area contributed by atoms with Crippen molar-refractivity contribution >= 4 is 0 Å². The molecule has 1 aliphatic rings. The first-order chi connectivity index (χ1) is 8.16. The summed E-state index contributed by atoms with van der Waals surface area (Å²) in [5.74, 6) is 0.735. The molecule has 0 radical (unpaired) electrons. The van der Waals surface area contributed by atoms with E-state index in [4.69, 9.17) is 0 Å². The van der Waals surface area contributed by atoms with E-state index in [9.17, 15) is 0 Å². The van der Waals surface area contributed by atoms with Gasteiger partial charge in [-0.3, -0.25) is 0 Å². The first-order valence-electron chi connectivity index (χ1n) is 7.03. The molecule has 1 aromatic rings. The molecule has 0 amide bonds. The molecule has 0 aliphatic heterocycles. The largest absolute Gasteiger partial charge is 0.350 e. The van der Waals surface area contributed by atoms with Crippen molar-refractivity contribution in [2.24, 2.45) is 13.0 Å². The fourth-order valence-electron chi connectivity index (χ4n) is 2.78. The molecule has 0 spiro atoms. The molecule has 1 aliphatic carbocycles. The molecule has 1 N–H and O–H groups in total. The van der Waals surface area contributed by atoms with Crippen molar-refractivity contribution < 1.29 is 0 Å². The van der Waals surface area contributed by atoms with Crippen molar-refractivity contribution in [3.05, 3.63) is 23.5 Å². The zero-order valence-corrected chi connectivity index (χ0v) is 11.5. The van der Waals surface area contributed by atoms with E-state index in [0.29, 0.717) is 0 Å². The SMILES string of the molecule is CC(C)Cc1ccc(CNC2CCCC2)n1C. The van der Waals surface area contributed by atoms with Gasteiger partial charge in [-0.1, -0.05) is 26.7 Å². The number of hydrogen-bond acceptors (Lipinski definition) is 1. The second-order valence-corrected chi connectivity index (χ2v) is 5.84. The summed E-state index contributed by atoms with van der Waals surface area (Å²) >= 11 is 0. The van der Waals surface area contributed by atoms with E-state index in [1.165, 1.54) is 43.5 Å². The van der Waals surface area contributed by atoms with Crippen molar-refractivity contribution in [1.29, 1.82) is 0 Å². The third-order valence-electron chi connectivity index (χ3n) is 3.87. The van der Waals surface area contributed by atoms with Crippen LogP contribution in [0.25, 0.3) is 0 Å². The fraction of sp³-hybridized carbons (Fsp3) is 0.733. The van der Waals surface area contributed by atoms with Gasteiger partial charge in [-0.05, 0) is 37.3 Å². The third-order valence-corrected chi connectivity index (χ3v) is 3.87. The lowest BCUT2D eigenvalue weighted by molar-refractivity contribution is 0.509. The highest BCUT2D eigenvalue weighted by Gasteiger charge is 2.14. The Balaban J connectivity index is 1.89. The highest BCUT2D eigenvalue weighted by molar-refractivity contribution is 5.16. The van der Waals surface area contributed by atoms with Crippen LogP contribution < -0.4 is 5.32 Å². The number of nitrogens with one attached hydrogen (secondary N) is 1. The molecular weight excluding hydrogens is 208 g/mol. The minimum Gasteiger partial charge on any atom is -0.350 e. The van der Waals surface area contributed by atoms with Crippen molar-refractivity contribution in [1.82, 2.24) is 9.88 Å². The maximum atomic E-state index is 3.68. The van der Waals surface area contributed by atoms with Gasteiger partial charge in [0.2, 0.25) is 0 Å². The predicted octanol–water partition coefficient (Wildman–Crippen LogP) is 3.26. The van der Waals surface area contributed by atoms with E-state index >= 15 is 0 Å². The Morgan fingerprint density at radius 1 is 1.24 bits per heavy atom. The Hall–Kier alpha value is -0.760. The second kappa shape index (κ2) is 5.72. The first-order valence-corrected chi connectivity index (χ1v) is 7.03. The summed E-state index contributed by atoms with van der Waals surface area (Å²) < 4.78 is 2.36. The zero-order chi connectivity index (χ0) is 12.3. The lowest BCUT2D eigenvalue weighted by Gasteiger charge is -2.14. The Kier molecular flexibility index (Phi) is 4.27. The molecule has 1 saturated carbocycles. The predicted molar refractivity (Wildman–Crippen MR) is 73.1 cm³/mol. The minimum atomic E-state index is 0.735. The molecule has 2 heteroatoms. The van der Waals surface area contributed by atoms with E-state index < -0.39 is 0 Å². The van der Waals surface area contributed by atoms with E-state index in [1.54, 1.807) is 0 Å². The first kappa shape index (κ1) is 12.7. The van der Waals surface area contributed by atoms with Gasteiger partial charge in [0.1, 0.15) is 0 Å². The summed E-state index contributed by atoms with van der Waals surface area (Å²) in [6.07, 6.45) is 6.72. The highest BCUT2D eigenvalue weighted by atomic mass is 15.0. The quantitative estimate of drug-likeness (QED) is 0.827. The van der Waals surface area contributed by atoms with Crippen molar-refractivity contribution in [3.8, 4) is 0 Å². The van der Waals surface area contributed by atoms with Crippen molar-refractivity contribution in [2.45, 2.75) is 58.5 Å². The molecule has 0 aromatic carbocycles. The Bertz CT molecular complexity index is 346. The molecular formula is C15H26N2. The summed E-state index contributed by atoms with van der Waals surface area (Å²) in [6.45, 7) is 5.59. The van der Waals surface area contributed by atoms with E-state index in [2.05, 4.69) is 42.9 Å². The van der Waals surface area contributed by atoms with E-state index in [1.807, 2.05) is 0 Å². The lowest BCUT2D eigenvalue weighted by Crippen LogP contribution is -2.26. The standard InChI is InChI=1S/C15H26N2/c1-12(2)10-14-8-9-15(17(14)3)11-16-13-6-4-5-7-13/h8-9,12-13,16H,4-7,10-11H2,1-3H3. The molecule has 0 unspecified atom stereocenters. The van der Waals surface area contributed by atoms with Gasteiger partial charge < -0.3 is 9.88 Å². The van der Waals surface area contributed by atoms with Crippen LogP contribution in [0.4, 0.5) is 0 Å². The number of rotatable bonds is 5. The fourth-order valence-corrected chi connectivity index (χ4v) is 2.78. The van der Waals surface area contributed by atoms with Crippen molar-refractivity contribution in [2.75, 3.05) is 0 Å². The number of aromatic nitrogens is 1. The molecule has 1 fully saturated rings. The second-order valence-electron chi connectivity index (χ2n) is 5.84. The maximum Gasteiger partial charge on any atom is 0.0361 e. The molecule has 0 saturated heterocycles. The topological polar surface area (TPSA) is 17.0 Å². The van der Waals surface area contributed by atoms with E-state index in [0.717, 1.165) is 18.5 Å². The number of nitrogens with zero attached hydrogens (tertiary/aromatic N) is 1. The normalized spacial score (nSPS) is 17.2. The number of hydrogen-bond donors (Lipinski definition) is 1. The Morgan fingerprint density at radius 3 is 2.53 bits per heavy atom. The van der Waals surface area contributed by atoms with Gasteiger partial charge >= 0.3 is 0 Å². The van der Waals surface area contributed by atoms with Crippen LogP contribution in [0.1, 0.15) is 50.9 Å². The van der Waals surface area contributed by atoms with Gasteiger partial charge in [-0.2, -0.15) is 0 Å². The molecule has 1 heterocycles. The van der Waals surface area contributed by atoms with Crippen LogP contribution in [0, 0.1) is 5.92 Å². The smallest absolute Gasteiger partial charge is 0.0361 e. The summed E-state index contributed by atoms with van der Waals surface area (Å²) in [5, 5.41) is 3.68. The van der Waals surface area contributed by atoms with Crippen LogP contribution in [0.2, 0.25) is 0 Å². The van der Waals surface area contributed by atoms with Crippen LogP contribution in [-0.2, 0) is 20.0 Å². The van der Waals surface area contributed by atoms with Gasteiger partial charge in [0.15, 0.2) is 0 Å². The maximum absolute atomic E-state index is 3.68. The lowest BCUT2D eigenvalue weighted by atomic mass is 10.1. The van der Waals surface area contributed by atoms with Crippen LogP contribution in [0.5, 0.6) is 0 Å². The molecule has 0 bridgehead atoms. The monoisotopic (exact) mass is 234 g/mol. The molecule has 2 nitrogen and oxygen atoms in total. The van der Waals surface area contributed by atoms with Crippen LogP contribution in [-0.4, -0.2) is 10.6 Å². The van der Waals surface area contributed by atoms with Gasteiger partial charge in [0.25, 0.3) is 0 Å². The summed E-state index contributed by atoms with van der Waals surface area (Å²) in [7, 11) is 2.20. The van der Waals surface area contributed by atoms with Crippen LogP contribution >= 0.6 is 0 Å². The van der Waals surface area contributed by atoms with Crippen molar-refractivity contribution in [3.63, 3.8) is 0 Å². The summed E-state index contributed by atoms with van der Waals surface area (Å²) in [5.41, 5.74) is 2.88. The average molecular weight is 234 g/mol. The Labute approximate surface area is 105 Å². The molecule has 17 heavy (non-hydrogen) atoms. The van der Waals surface area contributed by atoms with E-state index in [-0.39, 0.29) is 0 Å². The summed E-state index contributed by atoms with van der Waals surface area (Å²) in [6, 6.07) is 5.32. The summed E-state index contributed by atoms with van der Waals surface area (Å²) in [4.78, 5) is 0. The van der Waals surface area contributed by atoms with Gasteiger partial charge in [0, 0.05) is 31.0 Å². The molecule has 1 aromatic heterocycles.